The van der Waals surface area contributed by atoms with E-state index >= 15 is 0 Å². The Morgan fingerprint density at radius 3 is 2.56 bits per heavy atom. The molecule has 0 fully saturated rings. The maximum absolute atomic E-state index is 5.44. The summed E-state index contributed by atoms with van der Waals surface area (Å²) in [6, 6.07) is 16.4. The van der Waals surface area contributed by atoms with E-state index < -0.39 is 0 Å². The molecular weight excluding hydrogens is 318 g/mol. The third-order valence-electron chi connectivity index (χ3n) is 4.54. The highest BCUT2D eigenvalue weighted by atomic mass is 16.5. The fraction of sp³-hybridized carbons (Fsp3) is 0.278. The van der Waals surface area contributed by atoms with Crippen LogP contribution >= 0.6 is 0 Å². The minimum atomic E-state index is 0.0727. The van der Waals surface area contributed by atoms with Crippen molar-refractivity contribution in [2.75, 3.05) is 19.5 Å². The van der Waals surface area contributed by atoms with E-state index in [4.69, 9.17) is 9.47 Å². The van der Waals surface area contributed by atoms with Crippen molar-refractivity contribution >= 4 is 5.95 Å². The first kappa shape index (κ1) is 15.4. The number of anilines is 1. The largest absolute Gasteiger partial charge is 0.493 e. The number of benzene rings is 2. The van der Waals surface area contributed by atoms with Gasteiger partial charge in [0.05, 0.1) is 26.3 Å². The molecule has 1 aromatic heterocycles. The number of rotatable bonds is 4. The van der Waals surface area contributed by atoms with Crippen LogP contribution in [-0.4, -0.2) is 34.4 Å². The summed E-state index contributed by atoms with van der Waals surface area (Å²) in [5, 5.41) is 15.5. The van der Waals surface area contributed by atoms with E-state index in [1.807, 2.05) is 41.1 Å². The van der Waals surface area contributed by atoms with Crippen LogP contribution in [0.4, 0.5) is 5.95 Å². The molecule has 2 heterocycles. The lowest BCUT2D eigenvalue weighted by molar-refractivity contribution is 0.353. The zero-order chi connectivity index (χ0) is 17.2. The predicted molar refractivity (Wildman–Crippen MR) is 92.9 cm³/mol. The van der Waals surface area contributed by atoms with Crippen LogP contribution in [0.15, 0.2) is 48.5 Å². The number of methoxy groups -OCH3 is 2. The van der Waals surface area contributed by atoms with Gasteiger partial charge < -0.3 is 14.8 Å². The van der Waals surface area contributed by atoms with Crippen LogP contribution < -0.4 is 14.8 Å². The predicted octanol–water partition coefficient (Wildman–Crippen LogP) is 2.84. The van der Waals surface area contributed by atoms with Crippen LogP contribution in [0, 0.1) is 0 Å². The lowest BCUT2D eigenvalue weighted by Crippen LogP contribution is -2.28. The lowest BCUT2D eigenvalue weighted by atomic mass is 9.93. The Balaban J connectivity index is 1.71. The maximum atomic E-state index is 5.44. The molecule has 0 aliphatic carbocycles. The van der Waals surface area contributed by atoms with Gasteiger partial charge in [-0.3, -0.25) is 0 Å². The zero-order valence-electron chi connectivity index (χ0n) is 14.1. The quantitative estimate of drug-likeness (QED) is 0.789. The summed E-state index contributed by atoms with van der Waals surface area (Å²) in [6.07, 6.45) is 0.831. The molecule has 1 N–H and O–H groups in total. The molecule has 3 aromatic rings. The van der Waals surface area contributed by atoms with Crippen molar-refractivity contribution in [1.82, 2.24) is 20.2 Å². The normalized spacial score (nSPS) is 19.0. The van der Waals surface area contributed by atoms with Crippen molar-refractivity contribution in [2.45, 2.75) is 18.5 Å². The Morgan fingerprint density at radius 2 is 1.80 bits per heavy atom. The Labute approximate surface area is 145 Å². The van der Waals surface area contributed by atoms with Crippen LogP contribution in [0.25, 0.3) is 0 Å². The highest BCUT2D eigenvalue weighted by molar-refractivity contribution is 5.46. The van der Waals surface area contributed by atoms with Gasteiger partial charge in [0.15, 0.2) is 11.5 Å². The molecule has 0 radical (unpaired) electrons. The number of ether oxygens (including phenoxy) is 2. The fourth-order valence-corrected chi connectivity index (χ4v) is 3.28. The van der Waals surface area contributed by atoms with Crippen molar-refractivity contribution in [3.63, 3.8) is 0 Å². The number of nitrogens with one attached hydrogen (secondary N) is 1. The maximum Gasteiger partial charge on any atom is 0.243 e. The van der Waals surface area contributed by atoms with E-state index in [0.29, 0.717) is 17.4 Å². The summed E-state index contributed by atoms with van der Waals surface area (Å²) < 4.78 is 12.6. The number of aromatic nitrogens is 4. The monoisotopic (exact) mass is 337 g/mol. The number of hydrogen-bond acceptors (Lipinski definition) is 6. The minimum Gasteiger partial charge on any atom is -0.493 e. The van der Waals surface area contributed by atoms with Gasteiger partial charge in [-0.05, 0) is 40.1 Å². The average molecular weight is 337 g/mol. The molecule has 0 saturated carbocycles. The standard InChI is InChI=1S/C18H19N5O2/c1-24-16-9-8-13(10-17(16)25-2)14-11-15(12-6-4-3-5-7-12)23-18(19-14)20-21-22-23/h3-10,14-15H,11H2,1-2H3,(H,19,20,22)/t14-,15+/m1/s1. The first-order valence-corrected chi connectivity index (χ1v) is 8.11. The zero-order valence-corrected chi connectivity index (χ0v) is 14.1. The molecule has 25 heavy (non-hydrogen) atoms. The van der Waals surface area contributed by atoms with Crippen LogP contribution in [0.5, 0.6) is 11.5 Å². The smallest absolute Gasteiger partial charge is 0.243 e. The molecule has 128 valence electrons. The third kappa shape index (κ3) is 2.77. The van der Waals surface area contributed by atoms with Gasteiger partial charge in [0, 0.05) is 0 Å². The van der Waals surface area contributed by atoms with Crippen molar-refractivity contribution in [3.8, 4) is 11.5 Å². The first-order chi connectivity index (χ1) is 12.3. The van der Waals surface area contributed by atoms with Crippen LogP contribution in [-0.2, 0) is 0 Å². The van der Waals surface area contributed by atoms with Crippen molar-refractivity contribution < 1.29 is 9.47 Å². The van der Waals surface area contributed by atoms with Gasteiger partial charge in [-0.1, -0.05) is 41.5 Å². The first-order valence-electron chi connectivity index (χ1n) is 8.11. The van der Waals surface area contributed by atoms with Crippen molar-refractivity contribution in [3.05, 3.63) is 59.7 Å². The second-order valence-corrected chi connectivity index (χ2v) is 5.92. The number of hydrogen-bond donors (Lipinski definition) is 1. The van der Waals surface area contributed by atoms with E-state index in [1.54, 1.807) is 14.2 Å². The molecule has 1 aliphatic heterocycles. The van der Waals surface area contributed by atoms with Gasteiger partial charge in [-0.25, -0.2) is 4.68 Å². The molecule has 7 heteroatoms. The third-order valence-corrected chi connectivity index (χ3v) is 4.54. The topological polar surface area (TPSA) is 74.1 Å². The Kier molecular flexibility index (Phi) is 3.97. The van der Waals surface area contributed by atoms with E-state index in [2.05, 4.69) is 33.0 Å². The van der Waals surface area contributed by atoms with E-state index in [0.717, 1.165) is 12.0 Å². The molecule has 2 atom stereocenters. The van der Waals surface area contributed by atoms with E-state index in [1.165, 1.54) is 5.56 Å². The molecule has 0 unspecified atom stereocenters. The number of fused-ring (bicyclic) bond motifs is 1. The van der Waals surface area contributed by atoms with E-state index in [9.17, 15) is 0 Å². The number of tetrazole rings is 1. The number of nitrogens with zero attached hydrogens (tertiary/aromatic N) is 4. The molecule has 2 aromatic carbocycles. The van der Waals surface area contributed by atoms with Crippen LogP contribution in [0.2, 0.25) is 0 Å². The van der Waals surface area contributed by atoms with Gasteiger partial charge >= 0.3 is 0 Å². The van der Waals surface area contributed by atoms with Gasteiger partial charge in [-0.2, -0.15) is 0 Å². The molecule has 0 spiro atoms. The molecule has 0 amide bonds. The molecule has 0 saturated heterocycles. The highest BCUT2D eigenvalue weighted by Crippen LogP contribution is 2.39. The molecule has 0 bridgehead atoms. The SMILES string of the molecule is COc1ccc([C@H]2C[C@@H](c3ccccc3)n3nnnc3N2)cc1OC. The lowest BCUT2D eigenvalue weighted by Gasteiger charge is -2.31. The van der Waals surface area contributed by atoms with E-state index in [-0.39, 0.29) is 12.1 Å². The summed E-state index contributed by atoms with van der Waals surface area (Å²) in [4.78, 5) is 0. The Morgan fingerprint density at radius 1 is 1.00 bits per heavy atom. The summed E-state index contributed by atoms with van der Waals surface area (Å²) in [5.74, 6) is 2.09. The second-order valence-electron chi connectivity index (χ2n) is 5.92. The fourth-order valence-electron chi connectivity index (χ4n) is 3.28. The van der Waals surface area contributed by atoms with Gasteiger partial charge in [0.2, 0.25) is 5.95 Å². The Hall–Kier alpha value is -3.09. The highest BCUT2D eigenvalue weighted by Gasteiger charge is 2.30. The second kappa shape index (κ2) is 6.43. The molecular formula is C18H19N5O2. The molecule has 4 rings (SSSR count). The minimum absolute atomic E-state index is 0.0727. The summed E-state index contributed by atoms with van der Waals surface area (Å²) >= 11 is 0. The average Bonchev–Trinajstić information content (AvgIpc) is 3.16. The van der Waals surface area contributed by atoms with Crippen molar-refractivity contribution in [1.29, 1.82) is 0 Å². The molecule has 7 nitrogen and oxygen atoms in total. The summed E-state index contributed by atoms with van der Waals surface area (Å²) in [6.45, 7) is 0. The van der Waals surface area contributed by atoms with Gasteiger partial charge in [-0.15, -0.1) is 0 Å². The van der Waals surface area contributed by atoms with Gasteiger partial charge in [0.1, 0.15) is 0 Å². The summed E-state index contributed by atoms with van der Waals surface area (Å²) in [7, 11) is 3.28. The van der Waals surface area contributed by atoms with Gasteiger partial charge in [0.25, 0.3) is 0 Å². The summed E-state index contributed by atoms with van der Waals surface area (Å²) in [5.41, 5.74) is 2.29. The Bertz CT molecular complexity index is 865. The van der Waals surface area contributed by atoms with Crippen LogP contribution in [0.1, 0.15) is 29.6 Å². The van der Waals surface area contributed by atoms with Crippen molar-refractivity contribution in [2.24, 2.45) is 0 Å². The van der Waals surface area contributed by atoms with Crippen LogP contribution in [0.3, 0.4) is 0 Å². The molecule has 1 aliphatic rings.